The first kappa shape index (κ1) is 19.4. The van der Waals surface area contributed by atoms with Gasteiger partial charge in [0.2, 0.25) is 0 Å². The first-order valence-corrected chi connectivity index (χ1v) is 11.0. The van der Waals surface area contributed by atoms with Crippen LogP contribution in [0.3, 0.4) is 0 Å². The van der Waals surface area contributed by atoms with E-state index in [1.807, 2.05) is 30.3 Å². The molecule has 2 aromatic carbocycles. The van der Waals surface area contributed by atoms with E-state index in [-0.39, 0.29) is 5.41 Å². The number of hydrogen-bond acceptors (Lipinski definition) is 3. The highest BCUT2D eigenvalue weighted by atomic mass is 16.4. The van der Waals surface area contributed by atoms with Gasteiger partial charge in [0.1, 0.15) is 5.75 Å². The number of aromatic hydroxyl groups is 1. The second kappa shape index (κ2) is 7.28. The van der Waals surface area contributed by atoms with Gasteiger partial charge in [-0.1, -0.05) is 24.3 Å². The van der Waals surface area contributed by atoms with Crippen LogP contribution in [0.5, 0.6) is 5.75 Å². The number of carbonyl (C=O) groups is 1. The highest BCUT2D eigenvalue weighted by Crippen LogP contribution is 2.62. The van der Waals surface area contributed by atoms with Crippen LogP contribution < -0.4 is 5.73 Å². The molecule has 4 fully saturated rings. The fraction of sp³-hybridized carbons (Fsp3) is 0.423. The highest BCUT2D eigenvalue weighted by Gasteiger charge is 2.52. The van der Waals surface area contributed by atoms with Crippen molar-refractivity contribution >= 4 is 12.0 Å². The Kier molecular flexibility index (Phi) is 4.70. The van der Waals surface area contributed by atoms with Crippen LogP contribution in [0, 0.1) is 17.8 Å². The molecular weight excluding hydrogens is 374 g/mol. The molecule has 0 atom stereocenters. The largest absolute Gasteiger partial charge is 0.507 e. The molecule has 0 heterocycles. The molecule has 30 heavy (non-hydrogen) atoms. The summed E-state index contributed by atoms with van der Waals surface area (Å²) in [5.41, 5.74) is 11.0. The monoisotopic (exact) mass is 403 g/mol. The number of phenolic OH excluding ortho intramolecular Hbond substituents is 1. The molecule has 0 amide bonds. The highest BCUT2D eigenvalue weighted by molar-refractivity contribution is 5.85. The molecule has 6 rings (SSSR count). The fourth-order valence-electron chi connectivity index (χ4n) is 6.82. The summed E-state index contributed by atoms with van der Waals surface area (Å²) >= 11 is 0. The third-order valence-electron chi connectivity index (χ3n) is 7.68. The van der Waals surface area contributed by atoms with Crippen molar-refractivity contribution in [2.75, 3.05) is 0 Å². The molecule has 0 aliphatic heterocycles. The molecule has 0 aromatic heterocycles. The number of aliphatic carboxylic acids is 1. The van der Waals surface area contributed by atoms with E-state index in [9.17, 15) is 9.90 Å². The summed E-state index contributed by atoms with van der Waals surface area (Å²) in [6.45, 7) is 0.318. The molecule has 0 saturated heterocycles. The average molecular weight is 404 g/mol. The quantitative estimate of drug-likeness (QED) is 0.608. The van der Waals surface area contributed by atoms with Crippen LogP contribution in [0.4, 0.5) is 0 Å². The lowest BCUT2D eigenvalue weighted by atomic mass is 9.48. The second-order valence-electron chi connectivity index (χ2n) is 9.73. The second-order valence-corrected chi connectivity index (χ2v) is 9.73. The van der Waals surface area contributed by atoms with E-state index in [0.717, 1.165) is 51.6 Å². The minimum atomic E-state index is -0.953. The summed E-state index contributed by atoms with van der Waals surface area (Å²) in [6.07, 6.45) is 10.4. The molecule has 4 heteroatoms. The minimum Gasteiger partial charge on any atom is -0.507 e. The van der Waals surface area contributed by atoms with Gasteiger partial charge in [0, 0.05) is 23.7 Å². The number of benzene rings is 2. The van der Waals surface area contributed by atoms with Gasteiger partial charge in [0.15, 0.2) is 0 Å². The topological polar surface area (TPSA) is 83.6 Å². The molecule has 2 aromatic rings. The predicted molar refractivity (Wildman–Crippen MR) is 118 cm³/mol. The van der Waals surface area contributed by atoms with Gasteiger partial charge in [-0.05, 0) is 96.6 Å². The molecule has 4 saturated carbocycles. The summed E-state index contributed by atoms with van der Waals surface area (Å²) in [5, 5.41) is 20.0. The van der Waals surface area contributed by atoms with Crippen LogP contribution in [0.15, 0.2) is 42.5 Å². The maximum atomic E-state index is 11.1. The summed E-state index contributed by atoms with van der Waals surface area (Å²) in [7, 11) is 0. The third kappa shape index (κ3) is 3.33. The Morgan fingerprint density at radius 3 is 2.13 bits per heavy atom. The number of carboxylic acid groups (broad SMARTS) is 1. The van der Waals surface area contributed by atoms with Gasteiger partial charge in [-0.15, -0.1) is 0 Å². The van der Waals surface area contributed by atoms with Crippen molar-refractivity contribution < 1.29 is 15.0 Å². The van der Waals surface area contributed by atoms with Gasteiger partial charge in [0.05, 0.1) is 0 Å². The summed E-state index contributed by atoms with van der Waals surface area (Å²) in [6, 6.07) is 12.1. The molecule has 0 spiro atoms. The zero-order valence-corrected chi connectivity index (χ0v) is 17.2. The lowest BCUT2D eigenvalue weighted by Gasteiger charge is -2.57. The molecule has 4 aliphatic carbocycles. The van der Waals surface area contributed by atoms with Crippen molar-refractivity contribution in [3.63, 3.8) is 0 Å². The molecular formula is C26H29NO3. The van der Waals surface area contributed by atoms with Crippen molar-refractivity contribution in [1.82, 2.24) is 0 Å². The van der Waals surface area contributed by atoms with Gasteiger partial charge in [-0.25, -0.2) is 4.79 Å². The number of phenols is 1. The summed E-state index contributed by atoms with van der Waals surface area (Å²) in [5.74, 6) is 1.87. The van der Waals surface area contributed by atoms with Crippen LogP contribution in [0.25, 0.3) is 17.2 Å². The van der Waals surface area contributed by atoms with Crippen molar-refractivity contribution in [2.24, 2.45) is 23.5 Å². The smallest absolute Gasteiger partial charge is 0.328 e. The summed E-state index contributed by atoms with van der Waals surface area (Å²) in [4.78, 5) is 10.7. The van der Waals surface area contributed by atoms with E-state index >= 15 is 0 Å². The van der Waals surface area contributed by atoms with Crippen molar-refractivity contribution in [2.45, 2.75) is 50.5 Å². The number of hydrogen-bond donors (Lipinski definition) is 3. The number of nitrogens with two attached hydrogens (primary N) is 1. The predicted octanol–water partition coefficient (Wildman–Crippen LogP) is 5.08. The maximum Gasteiger partial charge on any atom is 0.328 e. The Labute approximate surface area is 177 Å². The normalized spacial score (nSPS) is 29.6. The van der Waals surface area contributed by atoms with Crippen LogP contribution in [-0.4, -0.2) is 16.2 Å². The Morgan fingerprint density at radius 2 is 1.60 bits per heavy atom. The van der Waals surface area contributed by atoms with E-state index in [1.54, 1.807) is 6.08 Å². The fourth-order valence-corrected chi connectivity index (χ4v) is 6.82. The van der Waals surface area contributed by atoms with Crippen LogP contribution >= 0.6 is 0 Å². The molecule has 0 unspecified atom stereocenters. The number of carboxylic acids is 1. The van der Waals surface area contributed by atoms with Crippen molar-refractivity contribution in [3.05, 3.63) is 59.2 Å². The number of rotatable bonds is 5. The Hall–Kier alpha value is -2.59. The minimum absolute atomic E-state index is 0.100. The molecule has 4 aliphatic rings. The lowest BCUT2D eigenvalue weighted by Crippen LogP contribution is -2.48. The average Bonchev–Trinajstić information content (AvgIpc) is 2.72. The zero-order valence-electron chi connectivity index (χ0n) is 17.2. The Balaban J connectivity index is 1.54. The lowest BCUT2D eigenvalue weighted by molar-refractivity contribution is -0.131. The molecule has 4 nitrogen and oxygen atoms in total. The Morgan fingerprint density at radius 1 is 1.00 bits per heavy atom. The van der Waals surface area contributed by atoms with Crippen molar-refractivity contribution in [1.29, 1.82) is 0 Å². The van der Waals surface area contributed by atoms with Gasteiger partial charge in [-0.2, -0.15) is 0 Å². The van der Waals surface area contributed by atoms with E-state index in [2.05, 4.69) is 6.07 Å². The molecule has 0 radical (unpaired) electrons. The third-order valence-corrected chi connectivity index (χ3v) is 7.68. The van der Waals surface area contributed by atoms with E-state index in [4.69, 9.17) is 10.8 Å². The zero-order chi connectivity index (χ0) is 20.9. The van der Waals surface area contributed by atoms with Crippen LogP contribution in [0.1, 0.15) is 55.2 Å². The first-order valence-electron chi connectivity index (χ1n) is 11.0. The van der Waals surface area contributed by atoms with Gasteiger partial charge < -0.3 is 15.9 Å². The van der Waals surface area contributed by atoms with Crippen LogP contribution in [0.2, 0.25) is 0 Å². The van der Waals surface area contributed by atoms with E-state index in [1.165, 1.54) is 38.5 Å². The molecule has 4 N–H and O–H groups in total. The van der Waals surface area contributed by atoms with E-state index < -0.39 is 5.97 Å². The van der Waals surface area contributed by atoms with Gasteiger partial charge in [-0.3, -0.25) is 0 Å². The van der Waals surface area contributed by atoms with Gasteiger partial charge >= 0.3 is 5.97 Å². The van der Waals surface area contributed by atoms with Crippen LogP contribution in [-0.2, 0) is 16.8 Å². The molecule has 4 bridgehead atoms. The first-order chi connectivity index (χ1) is 14.5. The van der Waals surface area contributed by atoms with E-state index in [0.29, 0.717) is 12.3 Å². The maximum absolute atomic E-state index is 11.1. The SMILES string of the molecule is NCc1cc(-c2ccc(C=CC(=O)O)cc2)cc(C23CC4CC(CC(C4)C2)C3)c1O. The Bertz CT molecular complexity index is 970. The van der Waals surface area contributed by atoms with Gasteiger partial charge in [0.25, 0.3) is 0 Å². The molecule has 156 valence electrons. The van der Waals surface area contributed by atoms with Crippen molar-refractivity contribution in [3.8, 4) is 16.9 Å². The summed E-state index contributed by atoms with van der Waals surface area (Å²) < 4.78 is 0. The standard InChI is InChI=1S/C26H29NO3/c27-15-22-10-21(20-4-1-16(2-5-20)3-6-24(28)29)11-23(25(22)30)26-12-17-7-18(13-26)9-19(8-17)14-26/h1-6,10-11,17-19,30H,7-9,12-15,27H2,(H,28,29).